The van der Waals surface area contributed by atoms with E-state index < -0.39 is 0 Å². The number of rotatable bonds is 7. The lowest BCUT2D eigenvalue weighted by molar-refractivity contribution is -0.885. The third kappa shape index (κ3) is 4.30. The molecule has 0 aliphatic heterocycles. The molecule has 0 radical (unpaired) electrons. The van der Waals surface area contributed by atoms with Crippen LogP contribution in [0.1, 0.15) is 49.1 Å². The van der Waals surface area contributed by atoms with E-state index in [0.29, 0.717) is 12.6 Å². The molecule has 136 valence electrons. The molecule has 6 heteroatoms. The molecule has 2 heterocycles. The Balaban J connectivity index is 1.67. The van der Waals surface area contributed by atoms with Crippen LogP contribution in [0, 0.1) is 13.8 Å². The first-order valence-electron chi connectivity index (χ1n) is 9.09. The lowest BCUT2D eigenvalue weighted by Gasteiger charge is -2.13. The van der Waals surface area contributed by atoms with Crippen LogP contribution in [0.4, 0.5) is 0 Å². The summed E-state index contributed by atoms with van der Waals surface area (Å²) in [5.41, 5.74) is 4.98. The second-order valence-electron chi connectivity index (χ2n) is 7.55. The van der Waals surface area contributed by atoms with Gasteiger partial charge in [0.2, 0.25) is 0 Å². The molecule has 0 saturated heterocycles. The Morgan fingerprint density at radius 3 is 2.80 bits per heavy atom. The maximum atomic E-state index is 11.9. The highest BCUT2D eigenvalue weighted by atomic mass is 32.1. The van der Waals surface area contributed by atoms with Crippen LogP contribution in [-0.4, -0.2) is 35.1 Å². The Hall–Kier alpha value is -1.66. The molecule has 25 heavy (non-hydrogen) atoms. The summed E-state index contributed by atoms with van der Waals surface area (Å²) in [4.78, 5) is 17.9. The number of hydrogen-bond acceptors (Lipinski definition) is 3. The summed E-state index contributed by atoms with van der Waals surface area (Å²) in [6, 6.07) is 3.15. The van der Waals surface area contributed by atoms with E-state index in [4.69, 9.17) is 4.98 Å². The zero-order chi connectivity index (χ0) is 18.1. The van der Waals surface area contributed by atoms with Crippen molar-refractivity contribution in [2.24, 2.45) is 0 Å². The van der Waals surface area contributed by atoms with E-state index in [1.807, 2.05) is 20.9 Å². The lowest BCUT2D eigenvalue weighted by Crippen LogP contribution is -3.09. The second-order valence-corrected chi connectivity index (χ2v) is 8.49. The molecule has 2 aromatic rings. The van der Waals surface area contributed by atoms with Crippen LogP contribution in [0.15, 0.2) is 11.4 Å². The number of carbonyl (C=O) groups excluding carboxylic acids is 1. The Labute approximate surface area is 154 Å². The van der Waals surface area contributed by atoms with Crippen molar-refractivity contribution in [1.82, 2.24) is 14.9 Å². The third-order valence-corrected chi connectivity index (χ3v) is 5.44. The molecule has 1 fully saturated rings. The molecule has 2 N–H and O–H groups in total. The van der Waals surface area contributed by atoms with Crippen LogP contribution in [0.3, 0.4) is 0 Å². The number of thiazole rings is 1. The summed E-state index contributed by atoms with van der Waals surface area (Å²) in [5, 5.41) is 6.18. The van der Waals surface area contributed by atoms with E-state index in [9.17, 15) is 4.79 Å². The standard InChI is InChI=1S/C19H28N4OS/c1-12(2)20-18(24)9-22(5)10-19-21-17(11-25-19)16-8-13(3)23(14(16)4)15-6-7-15/h8,11-12,15H,6-7,9-10H2,1-5H3,(H,20,24)/p+1. The predicted molar refractivity (Wildman–Crippen MR) is 102 cm³/mol. The van der Waals surface area contributed by atoms with Crippen molar-refractivity contribution in [2.45, 2.75) is 59.2 Å². The average Bonchev–Trinajstić information content (AvgIpc) is 3.14. The highest BCUT2D eigenvalue weighted by Gasteiger charge is 2.27. The van der Waals surface area contributed by atoms with Crippen LogP contribution >= 0.6 is 11.3 Å². The molecule has 1 atom stereocenters. The van der Waals surface area contributed by atoms with Gasteiger partial charge in [0.1, 0.15) is 11.6 Å². The molecular weight excluding hydrogens is 332 g/mol. The SMILES string of the molecule is Cc1cc(-c2csc(C[NH+](C)CC(=O)NC(C)C)n2)c(C)n1C1CC1. The molecule has 1 saturated carbocycles. The van der Waals surface area contributed by atoms with Gasteiger partial charge in [-0.2, -0.15) is 0 Å². The largest absolute Gasteiger partial charge is 0.349 e. The summed E-state index contributed by atoms with van der Waals surface area (Å²) in [7, 11) is 2.04. The highest BCUT2D eigenvalue weighted by molar-refractivity contribution is 7.09. The Morgan fingerprint density at radius 1 is 1.44 bits per heavy atom. The average molecular weight is 362 g/mol. The fourth-order valence-corrected chi connectivity index (χ4v) is 4.32. The van der Waals surface area contributed by atoms with Crippen LogP contribution in [0.2, 0.25) is 0 Å². The number of aryl methyl sites for hydroxylation is 1. The molecule has 1 unspecified atom stereocenters. The monoisotopic (exact) mass is 361 g/mol. The van der Waals surface area contributed by atoms with E-state index in [0.717, 1.165) is 22.1 Å². The summed E-state index contributed by atoms with van der Waals surface area (Å²) in [6.45, 7) is 9.61. The number of carbonyl (C=O) groups is 1. The third-order valence-electron chi connectivity index (χ3n) is 4.59. The number of nitrogens with one attached hydrogen (secondary N) is 2. The summed E-state index contributed by atoms with van der Waals surface area (Å²) < 4.78 is 2.46. The number of likely N-dealkylation sites (N-methyl/N-ethyl adjacent to an activating group) is 1. The minimum absolute atomic E-state index is 0.0947. The number of aromatic nitrogens is 2. The first-order chi connectivity index (χ1) is 11.8. The maximum absolute atomic E-state index is 11.9. The van der Waals surface area contributed by atoms with Crippen molar-refractivity contribution >= 4 is 17.2 Å². The fourth-order valence-electron chi connectivity index (χ4n) is 3.41. The highest BCUT2D eigenvalue weighted by Crippen LogP contribution is 2.40. The van der Waals surface area contributed by atoms with Gasteiger partial charge in [-0.25, -0.2) is 4.98 Å². The fraction of sp³-hybridized carbons (Fsp3) is 0.579. The van der Waals surface area contributed by atoms with Gasteiger partial charge in [-0.05, 0) is 46.6 Å². The van der Waals surface area contributed by atoms with Crippen molar-refractivity contribution in [3.05, 3.63) is 27.8 Å². The lowest BCUT2D eigenvalue weighted by atomic mass is 10.2. The summed E-state index contributed by atoms with van der Waals surface area (Å²) >= 11 is 1.69. The molecule has 0 aromatic carbocycles. The minimum Gasteiger partial charge on any atom is -0.349 e. The van der Waals surface area contributed by atoms with Crippen molar-refractivity contribution < 1.29 is 9.69 Å². The van der Waals surface area contributed by atoms with Gasteiger partial charge in [-0.3, -0.25) is 4.79 Å². The van der Waals surface area contributed by atoms with Gasteiger partial charge < -0.3 is 14.8 Å². The number of nitrogens with zero attached hydrogens (tertiary/aromatic N) is 2. The molecule has 0 bridgehead atoms. The summed E-state index contributed by atoms with van der Waals surface area (Å²) in [5.74, 6) is 0.0947. The predicted octanol–water partition coefficient (Wildman–Crippen LogP) is 2.10. The number of amides is 1. The maximum Gasteiger partial charge on any atom is 0.275 e. The van der Waals surface area contributed by atoms with Gasteiger partial charge >= 0.3 is 0 Å². The zero-order valence-electron chi connectivity index (χ0n) is 15.8. The van der Waals surface area contributed by atoms with Gasteiger partial charge in [0.05, 0.1) is 12.7 Å². The Morgan fingerprint density at radius 2 is 2.16 bits per heavy atom. The summed E-state index contributed by atoms with van der Waals surface area (Å²) in [6.07, 6.45) is 2.59. The van der Waals surface area contributed by atoms with Gasteiger partial charge in [0.15, 0.2) is 6.54 Å². The topological polar surface area (TPSA) is 51.4 Å². The van der Waals surface area contributed by atoms with E-state index >= 15 is 0 Å². The van der Waals surface area contributed by atoms with Gasteiger partial charge in [0, 0.05) is 34.4 Å². The van der Waals surface area contributed by atoms with Crippen LogP contribution in [-0.2, 0) is 11.3 Å². The van der Waals surface area contributed by atoms with Crippen molar-refractivity contribution in [2.75, 3.05) is 13.6 Å². The van der Waals surface area contributed by atoms with E-state index in [-0.39, 0.29) is 11.9 Å². The molecule has 0 spiro atoms. The van der Waals surface area contributed by atoms with Crippen molar-refractivity contribution in [3.8, 4) is 11.3 Å². The van der Waals surface area contributed by atoms with Crippen molar-refractivity contribution in [3.63, 3.8) is 0 Å². The van der Waals surface area contributed by atoms with Crippen LogP contribution in [0.25, 0.3) is 11.3 Å². The normalized spacial score (nSPS) is 15.6. The van der Waals surface area contributed by atoms with Crippen LogP contribution in [0.5, 0.6) is 0 Å². The molecule has 1 aliphatic rings. The molecule has 5 nitrogen and oxygen atoms in total. The van der Waals surface area contributed by atoms with Crippen LogP contribution < -0.4 is 10.2 Å². The Bertz CT molecular complexity index is 758. The second kappa shape index (κ2) is 7.30. The first-order valence-corrected chi connectivity index (χ1v) is 9.97. The minimum atomic E-state index is 0.0947. The van der Waals surface area contributed by atoms with Gasteiger partial charge in [-0.15, -0.1) is 11.3 Å². The molecule has 2 aromatic heterocycles. The Kier molecular flexibility index (Phi) is 5.29. The molecular formula is C19H29N4OS+. The molecule has 1 amide bonds. The van der Waals surface area contributed by atoms with Gasteiger partial charge in [-0.1, -0.05) is 0 Å². The number of quaternary nitrogens is 1. The quantitative estimate of drug-likeness (QED) is 0.794. The van der Waals surface area contributed by atoms with E-state index in [1.54, 1.807) is 11.3 Å². The smallest absolute Gasteiger partial charge is 0.275 e. The van der Waals surface area contributed by atoms with Gasteiger partial charge in [0.25, 0.3) is 5.91 Å². The molecule has 1 aliphatic carbocycles. The van der Waals surface area contributed by atoms with Crippen molar-refractivity contribution in [1.29, 1.82) is 0 Å². The first kappa shape index (κ1) is 18.1. The zero-order valence-corrected chi connectivity index (χ0v) is 16.7. The molecule has 3 rings (SSSR count). The number of hydrogen-bond donors (Lipinski definition) is 2. The van der Waals surface area contributed by atoms with E-state index in [1.165, 1.54) is 29.8 Å². The van der Waals surface area contributed by atoms with E-state index in [2.05, 4.69) is 35.2 Å².